The Balaban J connectivity index is 2.87. The highest BCUT2D eigenvalue weighted by Gasteiger charge is 2.23. The maximum atomic E-state index is 11.8. The quantitative estimate of drug-likeness (QED) is 0.584. The molecule has 0 aromatic carbocycles. The van der Waals surface area contributed by atoms with Crippen molar-refractivity contribution < 1.29 is 14.3 Å². The number of rotatable bonds is 8. The van der Waals surface area contributed by atoms with Crippen molar-refractivity contribution in [1.29, 1.82) is 0 Å². The van der Waals surface area contributed by atoms with Gasteiger partial charge in [0, 0.05) is 13.0 Å². The first-order valence-corrected chi connectivity index (χ1v) is 8.16. The zero-order valence-electron chi connectivity index (χ0n) is 13.4. The summed E-state index contributed by atoms with van der Waals surface area (Å²) in [6.07, 6.45) is 2.14. The van der Waals surface area contributed by atoms with Gasteiger partial charge in [0.1, 0.15) is 4.88 Å². The van der Waals surface area contributed by atoms with Gasteiger partial charge in [-0.05, 0) is 26.2 Å². The molecule has 0 bridgehead atoms. The summed E-state index contributed by atoms with van der Waals surface area (Å²) in [6.45, 7) is 9.86. The molecule has 0 aliphatic heterocycles. The molecule has 0 fully saturated rings. The van der Waals surface area contributed by atoms with Crippen LogP contribution in [0, 0.1) is 5.92 Å². The molecule has 0 radical (unpaired) electrons. The first-order chi connectivity index (χ1) is 9.88. The lowest BCUT2D eigenvalue weighted by molar-refractivity contribution is 0.0517. The number of anilines is 1. The number of hydrogen-bond acceptors (Lipinski definition) is 6. The van der Waals surface area contributed by atoms with Crippen molar-refractivity contribution in [2.45, 2.75) is 53.5 Å². The summed E-state index contributed by atoms with van der Waals surface area (Å²) < 4.78 is 4.94. The average molecular weight is 312 g/mol. The molecule has 118 valence electrons. The Morgan fingerprint density at radius 3 is 2.52 bits per heavy atom. The highest BCUT2D eigenvalue weighted by atomic mass is 32.1. The van der Waals surface area contributed by atoms with Crippen molar-refractivity contribution in [2.75, 3.05) is 11.9 Å². The van der Waals surface area contributed by atoms with Gasteiger partial charge in [0.2, 0.25) is 0 Å². The van der Waals surface area contributed by atoms with E-state index in [1.165, 1.54) is 18.3 Å². The molecule has 1 rings (SSSR count). The minimum Gasteiger partial charge on any atom is -0.461 e. The number of Topliss-reactive ketones (excluding diaryl/α,β-unsaturated/α-hetero) is 1. The molecule has 0 saturated heterocycles. The Bertz CT molecular complexity index is 499. The second-order valence-electron chi connectivity index (χ2n) is 5.27. The van der Waals surface area contributed by atoms with Gasteiger partial charge in [-0.2, -0.15) is 0 Å². The van der Waals surface area contributed by atoms with E-state index >= 15 is 0 Å². The lowest BCUT2D eigenvalue weighted by atomic mass is 10.0. The number of thiazole rings is 1. The van der Waals surface area contributed by atoms with Crippen LogP contribution >= 0.6 is 11.3 Å². The van der Waals surface area contributed by atoms with Crippen molar-refractivity contribution >= 4 is 28.2 Å². The number of carbonyl (C=O) groups excluding carboxylic acids is 2. The van der Waals surface area contributed by atoms with Crippen molar-refractivity contribution in [3.63, 3.8) is 0 Å². The smallest absolute Gasteiger partial charge is 0.358 e. The fraction of sp³-hybridized carbons (Fsp3) is 0.667. The Labute approximate surface area is 130 Å². The summed E-state index contributed by atoms with van der Waals surface area (Å²) in [5.74, 6) is -0.0935. The topological polar surface area (TPSA) is 68.3 Å². The van der Waals surface area contributed by atoms with Gasteiger partial charge in [0.05, 0.1) is 6.61 Å². The van der Waals surface area contributed by atoms with E-state index in [1.807, 2.05) is 0 Å². The van der Waals surface area contributed by atoms with E-state index in [1.54, 1.807) is 6.92 Å². The molecular weight excluding hydrogens is 288 g/mol. The van der Waals surface area contributed by atoms with E-state index in [9.17, 15) is 9.59 Å². The molecule has 2 unspecified atom stereocenters. The fourth-order valence-electron chi connectivity index (χ4n) is 2.00. The van der Waals surface area contributed by atoms with Gasteiger partial charge in [-0.1, -0.05) is 31.6 Å². The summed E-state index contributed by atoms with van der Waals surface area (Å²) in [6, 6.07) is 0.237. The monoisotopic (exact) mass is 312 g/mol. The maximum Gasteiger partial charge on any atom is 0.358 e. The Hall–Kier alpha value is -1.43. The maximum absolute atomic E-state index is 11.8. The number of nitrogens with one attached hydrogen (secondary N) is 1. The molecule has 1 aromatic rings. The normalized spacial score (nSPS) is 13.6. The van der Waals surface area contributed by atoms with Gasteiger partial charge in [-0.15, -0.1) is 0 Å². The first kappa shape index (κ1) is 17.6. The molecule has 0 aliphatic carbocycles. The second-order valence-corrected chi connectivity index (χ2v) is 6.27. The zero-order valence-corrected chi connectivity index (χ0v) is 14.2. The number of hydrogen-bond donors (Lipinski definition) is 1. The van der Waals surface area contributed by atoms with Crippen LogP contribution in [0.25, 0.3) is 0 Å². The minimum atomic E-state index is -0.540. The van der Waals surface area contributed by atoms with Crippen molar-refractivity contribution in [3.05, 3.63) is 10.6 Å². The van der Waals surface area contributed by atoms with Gasteiger partial charge in [0.25, 0.3) is 0 Å². The fourth-order valence-corrected chi connectivity index (χ4v) is 2.96. The van der Waals surface area contributed by atoms with Gasteiger partial charge >= 0.3 is 5.97 Å². The molecule has 21 heavy (non-hydrogen) atoms. The molecule has 0 saturated carbocycles. The van der Waals surface area contributed by atoms with Gasteiger partial charge in [-0.25, -0.2) is 9.78 Å². The highest BCUT2D eigenvalue weighted by molar-refractivity contribution is 7.17. The Kier molecular flexibility index (Phi) is 6.81. The SMILES string of the molecule is CCOC(=O)c1nc(NC(C)CC(C)CC)sc1C(C)=O. The van der Waals surface area contributed by atoms with Crippen LogP contribution in [0.1, 0.15) is 67.6 Å². The summed E-state index contributed by atoms with van der Waals surface area (Å²) in [5, 5.41) is 3.86. The van der Waals surface area contributed by atoms with E-state index in [2.05, 4.69) is 31.1 Å². The minimum absolute atomic E-state index is 0.118. The molecule has 5 nitrogen and oxygen atoms in total. The molecule has 0 spiro atoms. The van der Waals surface area contributed by atoms with Crippen LogP contribution in [0.3, 0.4) is 0 Å². The predicted octanol–water partition coefficient (Wildman–Crippen LogP) is 3.76. The lowest BCUT2D eigenvalue weighted by Crippen LogP contribution is -2.18. The molecule has 0 aliphatic rings. The number of nitrogens with zero attached hydrogens (tertiary/aromatic N) is 1. The van der Waals surface area contributed by atoms with Crippen LogP contribution in [0.15, 0.2) is 0 Å². The van der Waals surface area contributed by atoms with E-state index in [-0.39, 0.29) is 24.1 Å². The van der Waals surface area contributed by atoms with Crippen LogP contribution in [-0.4, -0.2) is 29.4 Å². The summed E-state index contributed by atoms with van der Waals surface area (Å²) in [4.78, 5) is 28.1. The molecule has 6 heteroatoms. The standard InChI is InChI=1S/C15H24N2O3S/c1-6-9(3)8-10(4)16-15-17-12(14(19)20-7-2)13(21-15)11(5)18/h9-10H,6-8H2,1-5H3,(H,16,17). The Morgan fingerprint density at radius 1 is 1.33 bits per heavy atom. The third-order valence-electron chi connectivity index (χ3n) is 3.24. The molecule has 0 amide bonds. The molecule has 1 N–H and O–H groups in total. The van der Waals surface area contributed by atoms with Crippen molar-refractivity contribution in [2.24, 2.45) is 5.92 Å². The lowest BCUT2D eigenvalue weighted by Gasteiger charge is -2.16. The van der Waals surface area contributed by atoms with Crippen LogP contribution < -0.4 is 5.32 Å². The number of aromatic nitrogens is 1. The Morgan fingerprint density at radius 2 is 2.00 bits per heavy atom. The van der Waals surface area contributed by atoms with E-state index in [0.29, 0.717) is 15.9 Å². The molecule has 1 aromatic heterocycles. The zero-order chi connectivity index (χ0) is 16.0. The van der Waals surface area contributed by atoms with E-state index in [0.717, 1.165) is 12.8 Å². The summed E-state index contributed by atoms with van der Waals surface area (Å²) in [5.41, 5.74) is 0.118. The van der Waals surface area contributed by atoms with E-state index < -0.39 is 5.97 Å². The average Bonchev–Trinajstić information content (AvgIpc) is 2.82. The molecule has 2 atom stereocenters. The molecule has 1 heterocycles. The van der Waals surface area contributed by atoms with Gasteiger partial charge < -0.3 is 10.1 Å². The van der Waals surface area contributed by atoms with Crippen LogP contribution in [0.2, 0.25) is 0 Å². The van der Waals surface area contributed by atoms with Crippen LogP contribution in [0.5, 0.6) is 0 Å². The second kappa shape index (κ2) is 8.12. The summed E-state index contributed by atoms with van der Waals surface area (Å²) in [7, 11) is 0. The number of esters is 1. The first-order valence-electron chi connectivity index (χ1n) is 7.34. The van der Waals surface area contributed by atoms with Gasteiger partial charge in [-0.3, -0.25) is 4.79 Å². The van der Waals surface area contributed by atoms with Crippen LogP contribution in [-0.2, 0) is 4.74 Å². The number of ketones is 1. The van der Waals surface area contributed by atoms with Crippen molar-refractivity contribution in [3.8, 4) is 0 Å². The van der Waals surface area contributed by atoms with E-state index in [4.69, 9.17) is 4.74 Å². The highest BCUT2D eigenvalue weighted by Crippen LogP contribution is 2.26. The molecular formula is C15H24N2O3S. The van der Waals surface area contributed by atoms with Crippen LogP contribution in [0.4, 0.5) is 5.13 Å². The number of ether oxygens (including phenoxy) is 1. The van der Waals surface area contributed by atoms with Crippen molar-refractivity contribution in [1.82, 2.24) is 4.98 Å². The summed E-state index contributed by atoms with van der Waals surface area (Å²) >= 11 is 1.21. The van der Waals surface area contributed by atoms with Gasteiger partial charge in [0.15, 0.2) is 16.6 Å². The third-order valence-corrected chi connectivity index (χ3v) is 4.33. The predicted molar refractivity (Wildman–Crippen MR) is 85.2 cm³/mol. The number of carbonyl (C=O) groups is 2. The third kappa shape index (κ3) is 5.12. The largest absolute Gasteiger partial charge is 0.461 e.